The van der Waals surface area contributed by atoms with Crippen LogP contribution in [0.5, 0.6) is 5.75 Å². The third-order valence-corrected chi connectivity index (χ3v) is 5.59. The van der Waals surface area contributed by atoms with Crippen LogP contribution < -0.4 is 10.3 Å². The van der Waals surface area contributed by atoms with E-state index >= 15 is 0 Å². The molecule has 0 fully saturated rings. The van der Waals surface area contributed by atoms with Crippen molar-refractivity contribution in [2.45, 2.75) is 59.3 Å². The van der Waals surface area contributed by atoms with Crippen molar-refractivity contribution in [2.75, 3.05) is 0 Å². The van der Waals surface area contributed by atoms with Gasteiger partial charge < -0.3 is 9.47 Å². The molecule has 2 heterocycles. The van der Waals surface area contributed by atoms with Crippen LogP contribution in [-0.4, -0.2) is 27.7 Å². The molecule has 0 radical (unpaired) electrons. The molecule has 0 bridgehead atoms. The molecule has 2 aromatic heterocycles. The van der Waals surface area contributed by atoms with Crippen molar-refractivity contribution < 1.29 is 14.3 Å². The van der Waals surface area contributed by atoms with E-state index in [4.69, 9.17) is 9.47 Å². The van der Waals surface area contributed by atoms with Crippen LogP contribution in [-0.2, 0) is 9.53 Å². The zero-order valence-corrected chi connectivity index (χ0v) is 18.2. The van der Waals surface area contributed by atoms with Crippen LogP contribution in [0, 0.1) is 0 Å². The topological polar surface area (TPSA) is 70.4 Å². The number of ether oxygens (including phenoxy) is 2. The zero-order chi connectivity index (χ0) is 21.1. The molecule has 3 rings (SSSR count). The Balaban J connectivity index is 1.98. The third kappa shape index (κ3) is 4.50. The maximum absolute atomic E-state index is 13.2. The summed E-state index contributed by atoms with van der Waals surface area (Å²) in [5.41, 5.74) is 1.46. The first-order chi connectivity index (χ1) is 13.8. The number of aromatic nitrogens is 2. The Morgan fingerprint density at radius 2 is 1.86 bits per heavy atom. The summed E-state index contributed by atoms with van der Waals surface area (Å²) in [7, 11) is 0. The molecule has 7 heteroatoms. The average Bonchev–Trinajstić information content (AvgIpc) is 3.12. The Labute approximate surface area is 174 Å². The van der Waals surface area contributed by atoms with Gasteiger partial charge in [-0.25, -0.2) is 9.78 Å². The largest absolute Gasteiger partial charge is 0.491 e. The Bertz CT molecular complexity index is 1050. The van der Waals surface area contributed by atoms with Crippen molar-refractivity contribution in [1.29, 1.82) is 0 Å². The Morgan fingerprint density at radius 1 is 1.17 bits per heavy atom. The van der Waals surface area contributed by atoms with Gasteiger partial charge in [-0.15, -0.1) is 11.3 Å². The number of carbonyl (C=O) groups is 1. The summed E-state index contributed by atoms with van der Waals surface area (Å²) >= 11 is 1.41. The van der Waals surface area contributed by atoms with Gasteiger partial charge in [0, 0.05) is 10.9 Å². The number of hydrogen-bond donors (Lipinski definition) is 0. The van der Waals surface area contributed by atoms with E-state index < -0.39 is 12.0 Å². The average molecular weight is 415 g/mol. The minimum atomic E-state index is -0.747. The van der Waals surface area contributed by atoms with Crippen molar-refractivity contribution in [2.24, 2.45) is 0 Å². The predicted molar refractivity (Wildman–Crippen MR) is 116 cm³/mol. The highest BCUT2D eigenvalue weighted by atomic mass is 32.1. The van der Waals surface area contributed by atoms with Gasteiger partial charge in [0.25, 0.3) is 5.56 Å². The molecule has 0 spiro atoms. The number of fused-ring (bicyclic) bond motifs is 1. The van der Waals surface area contributed by atoms with E-state index in [0.29, 0.717) is 10.2 Å². The molecule has 29 heavy (non-hydrogen) atoms. The van der Waals surface area contributed by atoms with E-state index in [1.807, 2.05) is 57.3 Å². The van der Waals surface area contributed by atoms with Crippen molar-refractivity contribution >= 4 is 27.5 Å². The van der Waals surface area contributed by atoms with Gasteiger partial charge in [0.15, 0.2) is 0 Å². The lowest BCUT2D eigenvalue weighted by molar-refractivity contribution is -0.152. The van der Waals surface area contributed by atoms with Crippen molar-refractivity contribution in [1.82, 2.24) is 9.55 Å². The van der Waals surface area contributed by atoms with Gasteiger partial charge in [-0.3, -0.25) is 9.36 Å². The standard InChI is InChI=1S/C22H26N2O4S/c1-6-14(4)28-22(26)15(5)24-12-23-20-19(21(24)25)18(11-29-20)16-7-9-17(10-8-16)27-13(2)3/h7-15H,6H2,1-5H3. The highest BCUT2D eigenvalue weighted by molar-refractivity contribution is 7.17. The Morgan fingerprint density at radius 3 is 2.48 bits per heavy atom. The van der Waals surface area contributed by atoms with Crippen molar-refractivity contribution in [3.8, 4) is 16.9 Å². The summed E-state index contributed by atoms with van der Waals surface area (Å²) in [6, 6.07) is 6.88. The second-order valence-electron chi connectivity index (χ2n) is 7.31. The van der Waals surface area contributed by atoms with E-state index in [9.17, 15) is 9.59 Å². The molecule has 6 nitrogen and oxygen atoms in total. The molecule has 3 aromatic rings. The third-order valence-electron chi connectivity index (χ3n) is 4.71. The van der Waals surface area contributed by atoms with E-state index in [-0.39, 0.29) is 17.8 Å². The molecule has 0 aliphatic rings. The first-order valence-corrected chi connectivity index (χ1v) is 10.7. The summed E-state index contributed by atoms with van der Waals surface area (Å²) in [5, 5.41) is 2.43. The second kappa shape index (κ2) is 8.78. The van der Waals surface area contributed by atoms with E-state index in [1.165, 1.54) is 22.2 Å². The molecule has 1 aromatic carbocycles. The fourth-order valence-electron chi connectivity index (χ4n) is 2.91. The maximum Gasteiger partial charge on any atom is 0.329 e. The minimum absolute atomic E-state index is 0.0934. The Hall–Kier alpha value is -2.67. The highest BCUT2D eigenvalue weighted by Gasteiger charge is 2.22. The number of hydrogen-bond acceptors (Lipinski definition) is 6. The van der Waals surface area contributed by atoms with Gasteiger partial charge in [-0.1, -0.05) is 19.1 Å². The molecule has 2 atom stereocenters. The second-order valence-corrected chi connectivity index (χ2v) is 8.17. The molecule has 0 saturated carbocycles. The lowest BCUT2D eigenvalue weighted by Gasteiger charge is -2.17. The number of nitrogens with zero attached hydrogens (tertiary/aromatic N) is 2. The van der Waals surface area contributed by atoms with Crippen LogP contribution in [0.15, 0.2) is 40.8 Å². The van der Waals surface area contributed by atoms with Crippen LogP contribution >= 0.6 is 11.3 Å². The molecular weight excluding hydrogens is 388 g/mol. The number of thiophene rings is 1. The van der Waals surface area contributed by atoms with Gasteiger partial charge in [0.1, 0.15) is 16.6 Å². The molecule has 0 aliphatic carbocycles. The summed E-state index contributed by atoms with van der Waals surface area (Å²) in [6.45, 7) is 9.38. The van der Waals surface area contributed by atoms with Crippen LogP contribution in [0.2, 0.25) is 0 Å². The van der Waals surface area contributed by atoms with Gasteiger partial charge in [0.05, 0.1) is 23.9 Å². The van der Waals surface area contributed by atoms with E-state index in [1.54, 1.807) is 6.92 Å². The van der Waals surface area contributed by atoms with E-state index in [0.717, 1.165) is 23.3 Å². The van der Waals surface area contributed by atoms with Crippen LogP contribution in [0.4, 0.5) is 0 Å². The molecule has 0 saturated heterocycles. The fourth-order valence-corrected chi connectivity index (χ4v) is 3.82. The number of carbonyl (C=O) groups excluding carboxylic acids is 1. The van der Waals surface area contributed by atoms with Crippen LogP contribution in [0.25, 0.3) is 21.3 Å². The Kier molecular flexibility index (Phi) is 6.37. The fraction of sp³-hybridized carbons (Fsp3) is 0.409. The maximum atomic E-state index is 13.2. The highest BCUT2D eigenvalue weighted by Crippen LogP contribution is 2.32. The molecule has 0 aliphatic heterocycles. The summed E-state index contributed by atoms with van der Waals surface area (Å²) in [4.78, 5) is 30.6. The lowest BCUT2D eigenvalue weighted by atomic mass is 10.1. The van der Waals surface area contributed by atoms with Gasteiger partial charge in [-0.2, -0.15) is 0 Å². The van der Waals surface area contributed by atoms with Gasteiger partial charge in [-0.05, 0) is 51.8 Å². The summed E-state index contributed by atoms with van der Waals surface area (Å²) in [5.74, 6) is 0.342. The van der Waals surface area contributed by atoms with E-state index in [2.05, 4.69) is 4.98 Å². The smallest absolute Gasteiger partial charge is 0.329 e. The lowest BCUT2D eigenvalue weighted by Crippen LogP contribution is -2.31. The zero-order valence-electron chi connectivity index (χ0n) is 17.3. The molecular formula is C22H26N2O4S. The van der Waals surface area contributed by atoms with Crippen molar-refractivity contribution in [3.63, 3.8) is 0 Å². The van der Waals surface area contributed by atoms with Gasteiger partial charge in [0.2, 0.25) is 0 Å². The number of rotatable bonds is 7. The molecule has 2 unspecified atom stereocenters. The van der Waals surface area contributed by atoms with Crippen molar-refractivity contribution in [3.05, 3.63) is 46.3 Å². The SMILES string of the molecule is CCC(C)OC(=O)C(C)n1cnc2scc(-c3ccc(OC(C)C)cc3)c2c1=O. The number of benzene rings is 1. The first-order valence-electron chi connectivity index (χ1n) is 9.77. The normalized spacial score (nSPS) is 13.4. The van der Waals surface area contributed by atoms with Gasteiger partial charge >= 0.3 is 5.97 Å². The molecule has 0 amide bonds. The first kappa shape index (κ1) is 21.0. The minimum Gasteiger partial charge on any atom is -0.491 e. The summed E-state index contributed by atoms with van der Waals surface area (Å²) < 4.78 is 12.4. The van der Waals surface area contributed by atoms with Crippen LogP contribution in [0.3, 0.4) is 0 Å². The molecule has 0 N–H and O–H groups in total. The number of esters is 1. The summed E-state index contributed by atoms with van der Waals surface area (Å²) in [6.07, 6.45) is 2.04. The molecule has 154 valence electrons. The van der Waals surface area contributed by atoms with Crippen LogP contribution in [0.1, 0.15) is 47.1 Å². The predicted octanol–water partition coefficient (Wildman–Crippen LogP) is 4.81. The monoisotopic (exact) mass is 414 g/mol. The quantitative estimate of drug-likeness (QED) is 0.519.